The van der Waals surface area contributed by atoms with E-state index in [9.17, 15) is 0 Å². The highest BCUT2D eigenvalue weighted by molar-refractivity contribution is 6.61. The average Bonchev–Trinajstić information content (AvgIpc) is 2.64. The fourth-order valence-electron chi connectivity index (χ4n) is 1.37. The third-order valence-electron chi connectivity index (χ3n) is 2.21. The van der Waals surface area contributed by atoms with Crippen molar-refractivity contribution in [2.75, 3.05) is 0 Å². The van der Waals surface area contributed by atoms with Gasteiger partial charge in [0.25, 0.3) is 0 Å². The SMILES string of the molecule is C=CCCC.OB1OCc2ccccc21. The zero-order valence-corrected chi connectivity index (χ0v) is 9.15. The summed E-state index contributed by atoms with van der Waals surface area (Å²) >= 11 is 0. The maximum atomic E-state index is 9.16. The van der Waals surface area contributed by atoms with Crippen molar-refractivity contribution in [2.45, 2.75) is 26.4 Å². The van der Waals surface area contributed by atoms with Crippen LogP contribution in [0.1, 0.15) is 25.3 Å². The van der Waals surface area contributed by atoms with Gasteiger partial charge in [-0.3, -0.25) is 0 Å². The topological polar surface area (TPSA) is 29.5 Å². The van der Waals surface area contributed by atoms with Crippen LogP contribution < -0.4 is 5.46 Å². The van der Waals surface area contributed by atoms with Crippen LogP contribution in [0.5, 0.6) is 0 Å². The second-order valence-electron chi connectivity index (χ2n) is 3.44. The number of unbranched alkanes of at least 4 members (excludes halogenated alkanes) is 1. The van der Waals surface area contributed by atoms with Gasteiger partial charge in [0.1, 0.15) is 0 Å². The molecular formula is C12H17BO2. The molecule has 0 amide bonds. The lowest BCUT2D eigenvalue weighted by Crippen LogP contribution is -2.27. The molecule has 0 aromatic heterocycles. The van der Waals surface area contributed by atoms with Crippen LogP contribution in [0.2, 0.25) is 0 Å². The molecular weight excluding hydrogens is 187 g/mol. The molecule has 1 aliphatic rings. The molecule has 0 fully saturated rings. The Bertz CT molecular complexity index is 312. The van der Waals surface area contributed by atoms with Gasteiger partial charge in [-0.2, -0.15) is 0 Å². The van der Waals surface area contributed by atoms with E-state index < -0.39 is 7.12 Å². The molecule has 0 radical (unpaired) electrons. The highest BCUT2D eigenvalue weighted by Gasteiger charge is 2.25. The van der Waals surface area contributed by atoms with Gasteiger partial charge in [0.2, 0.25) is 0 Å². The fourth-order valence-corrected chi connectivity index (χ4v) is 1.37. The van der Waals surface area contributed by atoms with Crippen LogP contribution in [0.4, 0.5) is 0 Å². The Hall–Kier alpha value is -1.06. The Kier molecular flexibility index (Phi) is 5.15. The normalized spacial score (nSPS) is 12.8. The van der Waals surface area contributed by atoms with Crippen LogP contribution in [0, 0.1) is 0 Å². The Labute approximate surface area is 91.7 Å². The third-order valence-corrected chi connectivity index (χ3v) is 2.21. The number of fused-ring (bicyclic) bond motifs is 1. The van der Waals surface area contributed by atoms with Crippen LogP contribution in [-0.4, -0.2) is 12.1 Å². The van der Waals surface area contributed by atoms with Gasteiger partial charge in [-0.25, -0.2) is 0 Å². The van der Waals surface area contributed by atoms with Crippen molar-refractivity contribution in [3.63, 3.8) is 0 Å². The number of hydrogen-bond acceptors (Lipinski definition) is 2. The summed E-state index contributed by atoms with van der Waals surface area (Å²) in [7, 11) is -0.698. The molecule has 1 aliphatic heterocycles. The minimum Gasteiger partial charge on any atom is -0.423 e. The lowest BCUT2D eigenvalue weighted by molar-refractivity contribution is 0.275. The third kappa shape index (κ3) is 3.53. The molecule has 15 heavy (non-hydrogen) atoms. The molecule has 0 bridgehead atoms. The van der Waals surface area contributed by atoms with E-state index in [1.807, 2.05) is 30.3 Å². The first-order valence-corrected chi connectivity index (χ1v) is 5.28. The highest BCUT2D eigenvalue weighted by atomic mass is 16.5. The molecule has 0 saturated carbocycles. The standard InChI is InChI=1S/C7H7BO2.C5H10/c9-8-7-4-2-1-3-6(7)5-10-8;1-3-5-4-2/h1-4,9H,5H2;3H,1,4-5H2,2H3. The van der Waals surface area contributed by atoms with Crippen LogP contribution in [0.15, 0.2) is 36.9 Å². The van der Waals surface area contributed by atoms with Crippen LogP contribution >= 0.6 is 0 Å². The predicted molar refractivity (Wildman–Crippen MR) is 63.9 cm³/mol. The molecule has 0 atom stereocenters. The number of rotatable bonds is 2. The highest BCUT2D eigenvalue weighted by Crippen LogP contribution is 2.07. The molecule has 80 valence electrons. The maximum Gasteiger partial charge on any atom is 0.491 e. The molecule has 2 rings (SSSR count). The summed E-state index contributed by atoms with van der Waals surface area (Å²) in [6, 6.07) is 7.69. The first kappa shape index (κ1) is 12.0. The van der Waals surface area contributed by atoms with E-state index >= 15 is 0 Å². The number of hydrogen-bond donors (Lipinski definition) is 1. The smallest absolute Gasteiger partial charge is 0.423 e. The monoisotopic (exact) mass is 204 g/mol. The molecule has 3 heteroatoms. The predicted octanol–water partition coefficient (Wildman–Crippen LogP) is 1.88. The largest absolute Gasteiger partial charge is 0.491 e. The van der Waals surface area contributed by atoms with Gasteiger partial charge in [0, 0.05) is 0 Å². The maximum absolute atomic E-state index is 9.16. The molecule has 1 heterocycles. The zero-order valence-electron chi connectivity index (χ0n) is 9.15. The van der Waals surface area contributed by atoms with Gasteiger partial charge in [0.15, 0.2) is 0 Å². The fraction of sp³-hybridized carbons (Fsp3) is 0.333. The first-order valence-electron chi connectivity index (χ1n) is 5.28. The van der Waals surface area contributed by atoms with Crippen molar-refractivity contribution in [2.24, 2.45) is 0 Å². The van der Waals surface area contributed by atoms with Crippen molar-refractivity contribution in [1.29, 1.82) is 0 Å². The van der Waals surface area contributed by atoms with Crippen molar-refractivity contribution >= 4 is 12.6 Å². The van der Waals surface area contributed by atoms with E-state index in [0.29, 0.717) is 6.61 Å². The molecule has 0 saturated heterocycles. The second kappa shape index (κ2) is 6.43. The molecule has 1 N–H and O–H groups in total. The van der Waals surface area contributed by atoms with E-state index in [2.05, 4.69) is 13.5 Å². The first-order chi connectivity index (χ1) is 7.29. The summed E-state index contributed by atoms with van der Waals surface area (Å²) in [4.78, 5) is 0. The molecule has 2 nitrogen and oxygen atoms in total. The quantitative estimate of drug-likeness (QED) is 0.588. The summed E-state index contributed by atoms with van der Waals surface area (Å²) in [6.45, 7) is 6.23. The van der Waals surface area contributed by atoms with E-state index in [1.165, 1.54) is 6.42 Å². The van der Waals surface area contributed by atoms with E-state index in [-0.39, 0.29) is 0 Å². The summed E-state index contributed by atoms with van der Waals surface area (Å²) in [5.74, 6) is 0. The summed E-state index contributed by atoms with van der Waals surface area (Å²) in [6.07, 6.45) is 4.31. The van der Waals surface area contributed by atoms with Gasteiger partial charge < -0.3 is 9.68 Å². The zero-order chi connectivity index (χ0) is 11.1. The van der Waals surface area contributed by atoms with Gasteiger partial charge in [0.05, 0.1) is 6.61 Å². The van der Waals surface area contributed by atoms with E-state index in [1.54, 1.807) is 0 Å². The Morgan fingerprint density at radius 1 is 1.53 bits per heavy atom. The van der Waals surface area contributed by atoms with Crippen LogP contribution in [-0.2, 0) is 11.3 Å². The summed E-state index contributed by atoms with van der Waals surface area (Å²) in [5.41, 5.74) is 2.00. The van der Waals surface area contributed by atoms with E-state index in [0.717, 1.165) is 17.4 Å². The number of allylic oxidation sites excluding steroid dienone is 1. The molecule has 1 aromatic carbocycles. The van der Waals surface area contributed by atoms with Gasteiger partial charge in [-0.15, -0.1) is 6.58 Å². The lowest BCUT2D eigenvalue weighted by Gasteiger charge is -1.93. The minimum atomic E-state index is -0.698. The average molecular weight is 204 g/mol. The van der Waals surface area contributed by atoms with Crippen LogP contribution in [0.25, 0.3) is 0 Å². The molecule has 0 spiro atoms. The van der Waals surface area contributed by atoms with Crippen molar-refractivity contribution in [3.8, 4) is 0 Å². The summed E-state index contributed by atoms with van der Waals surface area (Å²) in [5, 5.41) is 9.16. The van der Waals surface area contributed by atoms with Crippen molar-refractivity contribution < 1.29 is 9.68 Å². The Morgan fingerprint density at radius 3 is 2.80 bits per heavy atom. The van der Waals surface area contributed by atoms with Crippen molar-refractivity contribution in [3.05, 3.63) is 42.5 Å². The Balaban J connectivity index is 0.000000195. The minimum absolute atomic E-state index is 0.539. The molecule has 0 unspecified atom stereocenters. The van der Waals surface area contributed by atoms with Crippen molar-refractivity contribution in [1.82, 2.24) is 0 Å². The Morgan fingerprint density at radius 2 is 2.27 bits per heavy atom. The van der Waals surface area contributed by atoms with Gasteiger partial charge in [-0.1, -0.05) is 43.7 Å². The van der Waals surface area contributed by atoms with Crippen LogP contribution in [0.3, 0.4) is 0 Å². The van der Waals surface area contributed by atoms with Gasteiger partial charge >= 0.3 is 7.12 Å². The molecule has 0 aliphatic carbocycles. The van der Waals surface area contributed by atoms with E-state index in [4.69, 9.17) is 9.68 Å². The lowest BCUT2D eigenvalue weighted by atomic mass is 9.80. The number of benzene rings is 1. The van der Waals surface area contributed by atoms with Gasteiger partial charge in [-0.05, 0) is 17.4 Å². The second-order valence-corrected chi connectivity index (χ2v) is 3.44. The summed E-state index contributed by atoms with van der Waals surface area (Å²) < 4.78 is 4.98. The molecule has 1 aromatic rings.